The van der Waals surface area contributed by atoms with Gasteiger partial charge in [-0.2, -0.15) is 13.2 Å². The molecular formula is C17H14Cl2F3NO2. The first-order valence-corrected chi connectivity index (χ1v) is 7.87. The third-order valence-corrected chi connectivity index (χ3v) is 3.84. The van der Waals surface area contributed by atoms with Gasteiger partial charge in [-0.25, -0.2) is 0 Å². The van der Waals surface area contributed by atoms with Crippen molar-refractivity contribution in [2.75, 3.05) is 5.32 Å². The standard InChI is InChI=1S/C17H14Cl2F3NO2/c1-16(2,25-12-6-4-11(18)5-7-12)15(24)23-14-8-3-10(9-13(14)19)17(20,21)22/h3-9H,1-2H3,(H,23,24). The van der Waals surface area contributed by atoms with Crippen molar-refractivity contribution in [1.82, 2.24) is 0 Å². The van der Waals surface area contributed by atoms with Gasteiger partial charge in [0.15, 0.2) is 5.60 Å². The summed E-state index contributed by atoms with van der Waals surface area (Å²) in [5.74, 6) is -0.146. The predicted molar refractivity (Wildman–Crippen MR) is 91.2 cm³/mol. The van der Waals surface area contributed by atoms with Gasteiger partial charge in [0.25, 0.3) is 5.91 Å². The lowest BCUT2D eigenvalue weighted by atomic mass is 10.1. The van der Waals surface area contributed by atoms with Crippen LogP contribution in [0.3, 0.4) is 0 Å². The number of alkyl halides is 3. The maximum absolute atomic E-state index is 12.6. The Balaban J connectivity index is 2.13. The molecule has 0 heterocycles. The van der Waals surface area contributed by atoms with E-state index in [-0.39, 0.29) is 10.7 Å². The molecule has 0 spiro atoms. The van der Waals surface area contributed by atoms with E-state index in [4.69, 9.17) is 27.9 Å². The number of nitrogens with one attached hydrogen (secondary N) is 1. The van der Waals surface area contributed by atoms with Crippen molar-refractivity contribution < 1.29 is 22.7 Å². The summed E-state index contributed by atoms with van der Waals surface area (Å²) in [6, 6.07) is 9.11. The van der Waals surface area contributed by atoms with Crippen LogP contribution < -0.4 is 10.1 Å². The minimum Gasteiger partial charge on any atom is -0.478 e. The molecule has 3 nitrogen and oxygen atoms in total. The molecule has 0 fully saturated rings. The van der Waals surface area contributed by atoms with Crippen LogP contribution in [-0.2, 0) is 11.0 Å². The first-order chi connectivity index (χ1) is 11.5. The highest BCUT2D eigenvalue weighted by atomic mass is 35.5. The Morgan fingerprint density at radius 2 is 1.64 bits per heavy atom. The van der Waals surface area contributed by atoms with E-state index in [9.17, 15) is 18.0 Å². The minimum atomic E-state index is -4.51. The summed E-state index contributed by atoms with van der Waals surface area (Å²) in [5.41, 5.74) is -2.13. The number of anilines is 1. The van der Waals surface area contributed by atoms with Gasteiger partial charge in [0.05, 0.1) is 16.3 Å². The van der Waals surface area contributed by atoms with Crippen LogP contribution in [-0.4, -0.2) is 11.5 Å². The lowest BCUT2D eigenvalue weighted by molar-refractivity contribution is -0.137. The second-order valence-corrected chi connectivity index (χ2v) is 6.56. The summed E-state index contributed by atoms with van der Waals surface area (Å²) in [5, 5.41) is 2.77. The van der Waals surface area contributed by atoms with Crippen molar-refractivity contribution in [2.24, 2.45) is 0 Å². The number of amides is 1. The van der Waals surface area contributed by atoms with Crippen LogP contribution >= 0.6 is 23.2 Å². The number of hydrogen-bond donors (Lipinski definition) is 1. The summed E-state index contributed by atoms with van der Waals surface area (Å²) >= 11 is 11.6. The minimum absolute atomic E-state index is 0.0625. The molecule has 0 unspecified atom stereocenters. The zero-order valence-electron chi connectivity index (χ0n) is 13.2. The van der Waals surface area contributed by atoms with Crippen LogP contribution in [0.2, 0.25) is 10.0 Å². The summed E-state index contributed by atoms with van der Waals surface area (Å²) in [4.78, 5) is 12.4. The van der Waals surface area contributed by atoms with Crippen LogP contribution in [0.15, 0.2) is 42.5 Å². The number of rotatable bonds is 4. The van der Waals surface area contributed by atoms with E-state index in [0.29, 0.717) is 10.8 Å². The average molecular weight is 392 g/mol. The second kappa shape index (κ2) is 7.14. The van der Waals surface area contributed by atoms with Crippen LogP contribution in [0.4, 0.5) is 18.9 Å². The second-order valence-electron chi connectivity index (χ2n) is 5.71. The fourth-order valence-electron chi connectivity index (χ4n) is 1.91. The van der Waals surface area contributed by atoms with Gasteiger partial charge < -0.3 is 10.1 Å². The highest BCUT2D eigenvalue weighted by Gasteiger charge is 2.33. The molecule has 0 aliphatic rings. The molecule has 0 atom stereocenters. The molecule has 0 radical (unpaired) electrons. The molecule has 0 aliphatic carbocycles. The maximum Gasteiger partial charge on any atom is 0.416 e. The lowest BCUT2D eigenvalue weighted by Crippen LogP contribution is -2.42. The Bertz CT molecular complexity index is 774. The van der Waals surface area contributed by atoms with Crippen molar-refractivity contribution in [2.45, 2.75) is 25.6 Å². The largest absolute Gasteiger partial charge is 0.478 e. The van der Waals surface area contributed by atoms with E-state index >= 15 is 0 Å². The van der Waals surface area contributed by atoms with Crippen LogP contribution in [0, 0.1) is 0 Å². The Labute approximate surface area is 152 Å². The molecular weight excluding hydrogens is 378 g/mol. The van der Waals surface area contributed by atoms with E-state index in [0.717, 1.165) is 18.2 Å². The van der Waals surface area contributed by atoms with Gasteiger partial charge in [-0.15, -0.1) is 0 Å². The van der Waals surface area contributed by atoms with Gasteiger partial charge >= 0.3 is 6.18 Å². The van der Waals surface area contributed by atoms with Crippen molar-refractivity contribution in [3.05, 3.63) is 58.1 Å². The Morgan fingerprint density at radius 3 is 2.16 bits per heavy atom. The number of hydrogen-bond acceptors (Lipinski definition) is 2. The van der Waals surface area contributed by atoms with Crippen molar-refractivity contribution in [3.63, 3.8) is 0 Å². The van der Waals surface area contributed by atoms with Crippen molar-refractivity contribution in [1.29, 1.82) is 0 Å². The van der Waals surface area contributed by atoms with E-state index in [2.05, 4.69) is 5.32 Å². The molecule has 0 aliphatic heterocycles. The molecule has 25 heavy (non-hydrogen) atoms. The third kappa shape index (κ3) is 5.03. The van der Waals surface area contributed by atoms with E-state index in [1.807, 2.05) is 0 Å². The summed E-state index contributed by atoms with van der Waals surface area (Å²) in [7, 11) is 0. The SMILES string of the molecule is CC(C)(Oc1ccc(Cl)cc1)C(=O)Nc1ccc(C(F)(F)F)cc1Cl. The van der Waals surface area contributed by atoms with Gasteiger partial charge in [0, 0.05) is 5.02 Å². The van der Waals surface area contributed by atoms with Crippen molar-refractivity contribution >= 4 is 34.8 Å². The molecule has 0 saturated heterocycles. The normalized spacial score (nSPS) is 12.0. The van der Waals surface area contributed by atoms with Gasteiger partial charge in [0.1, 0.15) is 5.75 Å². The van der Waals surface area contributed by atoms with E-state index < -0.39 is 23.2 Å². The first kappa shape index (κ1) is 19.4. The average Bonchev–Trinajstić information content (AvgIpc) is 2.50. The third-order valence-electron chi connectivity index (χ3n) is 3.28. The highest BCUT2D eigenvalue weighted by molar-refractivity contribution is 6.33. The summed E-state index contributed by atoms with van der Waals surface area (Å²) < 4.78 is 43.6. The van der Waals surface area contributed by atoms with Gasteiger partial charge in [-0.05, 0) is 56.3 Å². The zero-order chi connectivity index (χ0) is 18.8. The Hall–Kier alpha value is -1.92. The molecule has 8 heteroatoms. The molecule has 2 aromatic rings. The molecule has 1 N–H and O–H groups in total. The number of carbonyl (C=O) groups is 1. The molecule has 2 aromatic carbocycles. The molecule has 2 rings (SSSR count). The summed E-state index contributed by atoms with van der Waals surface area (Å²) in [6.45, 7) is 3.05. The van der Waals surface area contributed by atoms with Crippen LogP contribution in [0.5, 0.6) is 5.75 Å². The molecule has 0 bridgehead atoms. The van der Waals surface area contributed by atoms with Gasteiger partial charge in [-0.3, -0.25) is 4.79 Å². The van der Waals surface area contributed by atoms with Crippen LogP contribution in [0.1, 0.15) is 19.4 Å². The smallest absolute Gasteiger partial charge is 0.416 e. The lowest BCUT2D eigenvalue weighted by Gasteiger charge is -2.25. The van der Waals surface area contributed by atoms with E-state index in [1.54, 1.807) is 24.3 Å². The quantitative estimate of drug-likeness (QED) is 0.713. The monoisotopic (exact) mass is 391 g/mol. The number of ether oxygens (including phenoxy) is 1. The highest BCUT2D eigenvalue weighted by Crippen LogP contribution is 2.34. The zero-order valence-corrected chi connectivity index (χ0v) is 14.8. The van der Waals surface area contributed by atoms with Crippen LogP contribution in [0.25, 0.3) is 0 Å². The Morgan fingerprint density at radius 1 is 1.04 bits per heavy atom. The Kier molecular flexibility index (Phi) is 5.54. The number of carbonyl (C=O) groups excluding carboxylic acids is 1. The maximum atomic E-state index is 12.6. The first-order valence-electron chi connectivity index (χ1n) is 7.12. The molecule has 0 saturated carbocycles. The number of halogens is 5. The topological polar surface area (TPSA) is 38.3 Å². The summed E-state index contributed by atoms with van der Waals surface area (Å²) in [6.07, 6.45) is -4.51. The number of benzene rings is 2. The molecule has 0 aromatic heterocycles. The molecule has 134 valence electrons. The van der Waals surface area contributed by atoms with Gasteiger partial charge in [-0.1, -0.05) is 23.2 Å². The fraction of sp³-hybridized carbons (Fsp3) is 0.235. The molecule has 1 amide bonds. The van der Waals surface area contributed by atoms with E-state index in [1.165, 1.54) is 13.8 Å². The van der Waals surface area contributed by atoms with Gasteiger partial charge in [0.2, 0.25) is 0 Å². The predicted octanol–water partition coefficient (Wildman–Crippen LogP) is 5.81. The van der Waals surface area contributed by atoms with Crippen molar-refractivity contribution in [3.8, 4) is 5.75 Å². The fourth-order valence-corrected chi connectivity index (χ4v) is 2.26.